The Balaban J connectivity index is 2.76. The van der Waals surface area contributed by atoms with E-state index >= 15 is 0 Å². The summed E-state index contributed by atoms with van der Waals surface area (Å²) in [6.07, 6.45) is 11.0. The third-order valence-corrected chi connectivity index (χ3v) is 2.53. The Morgan fingerprint density at radius 3 is 2.64 bits per heavy atom. The van der Waals surface area contributed by atoms with Gasteiger partial charge in [-0.15, -0.1) is 6.42 Å². The van der Waals surface area contributed by atoms with E-state index in [9.17, 15) is 0 Å². The molecule has 1 heteroatoms. The number of hydrogen-bond acceptors (Lipinski definition) is 1. The van der Waals surface area contributed by atoms with Crippen LogP contribution in [0.3, 0.4) is 0 Å². The first-order valence-electron chi connectivity index (χ1n) is 4.38. The van der Waals surface area contributed by atoms with E-state index < -0.39 is 0 Å². The van der Waals surface area contributed by atoms with Gasteiger partial charge in [-0.2, -0.15) is 0 Å². The second-order valence-electron chi connectivity index (χ2n) is 2.63. The zero-order valence-corrected chi connectivity index (χ0v) is 8.92. The van der Waals surface area contributed by atoms with Crippen molar-refractivity contribution in [2.24, 2.45) is 0 Å². The summed E-state index contributed by atoms with van der Waals surface area (Å²) in [5.74, 6) is 2.54. The molecule has 0 N–H and O–H groups in total. The van der Waals surface area contributed by atoms with Gasteiger partial charge in [-0.3, -0.25) is 0 Å². The normalized spacial score (nSPS) is 11.6. The molecule has 0 nitrogen and oxygen atoms in total. The van der Waals surface area contributed by atoms with Gasteiger partial charge in [-0.1, -0.05) is 48.0 Å². The zero-order valence-electron chi connectivity index (χ0n) is 8.10. The van der Waals surface area contributed by atoms with Gasteiger partial charge in [-0.25, -0.2) is 0 Å². The van der Waals surface area contributed by atoms with Gasteiger partial charge in [-0.05, 0) is 19.1 Å². The van der Waals surface area contributed by atoms with Crippen LogP contribution in [0, 0.1) is 12.3 Å². The number of allylic oxidation sites excluding steroid dienone is 3. The fraction of sp³-hybridized carbons (Fsp3) is 0.0769. The molecule has 1 aromatic rings. The van der Waals surface area contributed by atoms with Gasteiger partial charge in [0, 0.05) is 15.9 Å². The molecule has 0 radical (unpaired) electrons. The number of hydrogen-bond donors (Lipinski definition) is 0. The average Bonchev–Trinajstić information content (AvgIpc) is 2.20. The van der Waals surface area contributed by atoms with Crippen molar-refractivity contribution in [3.05, 3.63) is 53.5 Å². The van der Waals surface area contributed by atoms with Crippen molar-refractivity contribution in [2.45, 2.75) is 11.8 Å². The standard InChI is InChI=1S/C13H12S/c1-3-8-12(9-4-2)14-13-10-6-5-7-11-13/h1,4-11H,2H3/b9-4-,12-8+. The van der Waals surface area contributed by atoms with E-state index in [4.69, 9.17) is 6.42 Å². The average molecular weight is 200 g/mol. The Hall–Kier alpha value is -1.39. The van der Waals surface area contributed by atoms with Gasteiger partial charge in [0.05, 0.1) is 0 Å². The second kappa shape index (κ2) is 6.12. The Morgan fingerprint density at radius 2 is 2.07 bits per heavy atom. The zero-order chi connectivity index (χ0) is 10.2. The van der Waals surface area contributed by atoms with Gasteiger partial charge < -0.3 is 0 Å². The fourth-order valence-corrected chi connectivity index (χ4v) is 1.88. The van der Waals surface area contributed by atoms with Crippen LogP contribution in [0.5, 0.6) is 0 Å². The molecule has 14 heavy (non-hydrogen) atoms. The van der Waals surface area contributed by atoms with Crippen molar-refractivity contribution in [1.29, 1.82) is 0 Å². The third kappa shape index (κ3) is 3.55. The van der Waals surface area contributed by atoms with Crippen LogP contribution >= 0.6 is 11.8 Å². The second-order valence-corrected chi connectivity index (χ2v) is 3.78. The lowest BCUT2D eigenvalue weighted by Gasteiger charge is -1.99. The highest BCUT2D eigenvalue weighted by atomic mass is 32.2. The highest BCUT2D eigenvalue weighted by molar-refractivity contribution is 8.03. The van der Waals surface area contributed by atoms with E-state index in [1.807, 2.05) is 37.3 Å². The minimum atomic E-state index is 1.08. The molecule has 0 aliphatic heterocycles. The van der Waals surface area contributed by atoms with Crippen molar-refractivity contribution in [3.8, 4) is 12.3 Å². The molecule has 0 fully saturated rings. The van der Waals surface area contributed by atoms with Gasteiger partial charge >= 0.3 is 0 Å². The van der Waals surface area contributed by atoms with Crippen LogP contribution in [0.2, 0.25) is 0 Å². The summed E-state index contributed by atoms with van der Waals surface area (Å²) >= 11 is 1.67. The molecule has 0 saturated carbocycles. The van der Waals surface area contributed by atoms with Crippen molar-refractivity contribution in [2.75, 3.05) is 0 Å². The summed E-state index contributed by atoms with van der Waals surface area (Å²) in [4.78, 5) is 2.29. The van der Waals surface area contributed by atoms with Crippen LogP contribution in [0.4, 0.5) is 0 Å². The minimum Gasteiger partial charge on any atom is -0.115 e. The Kier molecular flexibility index (Phi) is 4.68. The van der Waals surface area contributed by atoms with Crippen molar-refractivity contribution >= 4 is 11.8 Å². The first-order chi connectivity index (χ1) is 6.86. The highest BCUT2D eigenvalue weighted by Crippen LogP contribution is 2.26. The summed E-state index contributed by atoms with van der Waals surface area (Å²) in [6.45, 7) is 1.98. The number of thioether (sulfide) groups is 1. The molecule has 0 aliphatic carbocycles. The topological polar surface area (TPSA) is 0 Å². The number of rotatable bonds is 3. The van der Waals surface area contributed by atoms with Crippen LogP contribution < -0.4 is 0 Å². The van der Waals surface area contributed by atoms with Crippen LogP contribution in [-0.2, 0) is 0 Å². The van der Waals surface area contributed by atoms with Crippen LogP contribution in [0.25, 0.3) is 0 Å². The molecular weight excluding hydrogens is 188 g/mol. The molecule has 0 bridgehead atoms. The quantitative estimate of drug-likeness (QED) is 0.405. The maximum absolute atomic E-state index is 5.24. The van der Waals surface area contributed by atoms with E-state index in [-0.39, 0.29) is 0 Å². The predicted molar refractivity (Wildman–Crippen MR) is 64.0 cm³/mol. The van der Waals surface area contributed by atoms with Crippen molar-refractivity contribution in [3.63, 3.8) is 0 Å². The Morgan fingerprint density at radius 1 is 1.36 bits per heavy atom. The number of terminal acetylenes is 1. The summed E-state index contributed by atoms with van der Waals surface area (Å²) in [6, 6.07) is 10.2. The molecule has 0 amide bonds. The summed E-state index contributed by atoms with van der Waals surface area (Å²) < 4.78 is 0. The van der Waals surface area contributed by atoms with Crippen LogP contribution in [-0.4, -0.2) is 0 Å². The Bertz CT molecular complexity index is 366. The first kappa shape index (κ1) is 10.7. The third-order valence-electron chi connectivity index (χ3n) is 1.54. The smallest absolute Gasteiger partial charge is 0.0202 e. The molecule has 0 saturated heterocycles. The lowest BCUT2D eigenvalue weighted by atomic mass is 10.4. The van der Waals surface area contributed by atoms with Gasteiger partial charge in [0.15, 0.2) is 0 Å². The molecule has 0 atom stereocenters. The summed E-state index contributed by atoms with van der Waals surface area (Å²) in [7, 11) is 0. The van der Waals surface area contributed by atoms with Crippen LogP contribution in [0.1, 0.15) is 6.92 Å². The molecule has 0 aliphatic rings. The van der Waals surface area contributed by atoms with E-state index in [1.165, 1.54) is 4.90 Å². The molecule has 0 spiro atoms. The van der Waals surface area contributed by atoms with Crippen molar-refractivity contribution < 1.29 is 0 Å². The monoisotopic (exact) mass is 200 g/mol. The Labute approximate surface area is 89.7 Å². The van der Waals surface area contributed by atoms with Gasteiger partial charge in [0.25, 0.3) is 0 Å². The molecule has 1 rings (SSSR count). The first-order valence-corrected chi connectivity index (χ1v) is 5.20. The lowest BCUT2D eigenvalue weighted by molar-refractivity contribution is 1.47. The minimum absolute atomic E-state index is 1.08. The highest BCUT2D eigenvalue weighted by Gasteiger charge is 1.94. The van der Waals surface area contributed by atoms with Crippen molar-refractivity contribution in [1.82, 2.24) is 0 Å². The summed E-state index contributed by atoms with van der Waals surface area (Å²) in [5.41, 5.74) is 0. The maximum Gasteiger partial charge on any atom is 0.0202 e. The molecule has 1 aromatic carbocycles. The lowest BCUT2D eigenvalue weighted by Crippen LogP contribution is -1.72. The molecule has 70 valence electrons. The molecule has 0 unspecified atom stereocenters. The molecule has 0 aromatic heterocycles. The van der Waals surface area contributed by atoms with Crippen LogP contribution in [0.15, 0.2) is 58.4 Å². The number of benzene rings is 1. The van der Waals surface area contributed by atoms with E-state index in [2.05, 4.69) is 18.1 Å². The van der Waals surface area contributed by atoms with Gasteiger partial charge in [0.1, 0.15) is 0 Å². The summed E-state index contributed by atoms with van der Waals surface area (Å²) in [5, 5.41) is 0. The van der Waals surface area contributed by atoms with E-state index in [1.54, 1.807) is 17.8 Å². The largest absolute Gasteiger partial charge is 0.115 e. The van der Waals surface area contributed by atoms with E-state index in [0.717, 1.165) is 4.91 Å². The SMILES string of the molecule is C#C/C=C(\C=C/C)Sc1ccccc1. The molecular formula is C13H12S. The maximum atomic E-state index is 5.24. The predicted octanol–water partition coefficient (Wildman–Crippen LogP) is 3.87. The van der Waals surface area contributed by atoms with Gasteiger partial charge in [0.2, 0.25) is 0 Å². The fourth-order valence-electron chi connectivity index (χ4n) is 0.983. The van der Waals surface area contributed by atoms with E-state index in [0.29, 0.717) is 0 Å². The molecule has 0 heterocycles.